The summed E-state index contributed by atoms with van der Waals surface area (Å²) in [5.74, 6) is -0.444. The Labute approximate surface area is 114 Å². The summed E-state index contributed by atoms with van der Waals surface area (Å²) in [6.07, 6.45) is 3.21. The summed E-state index contributed by atoms with van der Waals surface area (Å²) >= 11 is 0. The summed E-state index contributed by atoms with van der Waals surface area (Å²) in [6, 6.07) is 6.93. The maximum absolute atomic E-state index is 11.5. The minimum Gasteiger partial charge on any atom is -0.461 e. The quantitative estimate of drug-likeness (QED) is 0.668. The van der Waals surface area contributed by atoms with Crippen LogP contribution in [0.2, 0.25) is 0 Å². The van der Waals surface area contributed by atoms with Crippen molar-refractivity contribution in [1.29, 1.82) is 0 Å². The van der Waals surface area contributed by atoms with E-state index in [0.29, 0.717) is 23.5 Å². The van der Waals surface area contributed by atoms with Crippen molar-refractivity contribution in [2.75, 3.05) is 6.61 Å². The molecule has 20 heavy (non-hydrogen) atoms. The fourth-order valence-corrected chi connectivity index (χ4v) is 1.78. The Morgan fingerprint density at radius 2 is 2.20 bits per heavy atom. The van der Waals surface area contributed by atoms with Crippen LogP contribution in [0.4, 0.5) is 0 Å². The molecule has 0 spiro atoms. The van der Waals surface area contributed by atoms with Crippen LogP contribution < -0.4 is 0 Å². The van der Waals surface area contributed by atoms with E-state index in [9.17, 15) is 4.79 Å². The number of hydrogen-bond donors (Lipinski definition) is 0. The van der Waals surface area contributed by atoms with Gasteiger partial charge in [-0.05, 0) is 31.2 Å². The average Bonchev–Trinajstić information content (AvgIpc) is 2.92. The van der Waals surface area contributed by atoms with E-state index in [1.807, 2.05) is 6.07 Å². The van der Waals surface area contributed by atoms with Crippen LogP contribution in [0.1, 0.15) is 17.4 Å². The standard InChI is InChI=1S/C13H11N5O2/c1-2-20-13(19)11-6-5-9(8-15-11)18-12-10(16-17-18)4-3-7-14-12/h3-8H,2H2,1H3. The van der Waals surface area contributed by atoms with E-state index in [0.717, 1.165) is 0 Å². The molecule has 0 N–H and O–H groups in total. The fourth-order valence-electron chi connectivity index (χ4n) is 1.78. The van der Waals surface area contributed by atoms with E-state index in [1.165, 1.54) is 6.20 Å². The number of ether oxygens (including phenoxy) is 1. The second-order valence-corrected chi connectivity index (χ2v) is 3.97. The molecule has 0 saturated heterocycles. The smallest absolute Gasteiger partial charge is 0.356 e. The number of aromatic nitrogens is 5. The van der Waals surface area contributed by atoms with Crippen molar-refractivity contribution in [2.24, 2.45) is 0 Å². The number of esters is 1. The lowest BCUT2D eigenvalue weighted by molar-refractivity contribution is 0.0519. The molecule has 0 aromatic carbocycles. The van der Waals surface area contributed by atoms with Crippen LogP contribution in [0.15, 0.2) is 36.7 Å². The van der Waals surface area contributed by atoms with Gasteiger partial charge in [0, 0.05) is 6.20 Å². The van der Waals surface area contributed by atoms with Crippen molar-refractivity contribution in [3.8, 4) is 5.69 Å². The Balaban J connectivity index is 1.97. The summed E-state index contributed by atoms with van der Waals surface area (Å²) in [5, 5.41) is 8.04. The number of fused-ring (bicyclic) bond motifs is 1. The Morgan fingerprint density at radius 3 is 2.95 bits per heavy atom. The molecule has 0 amide bonds. The molecule has 100 valence electrons. The number of pyridine rings is 2. The van der Waals surface area contributed by atoms with Crippen LogP contribution in [0.3, 0.4) is 0 Å². The summed E-state index contributed by atoms with van der Waals surface area (Å²) in [4.78, 5) is 19.8. The van der Waals surface area contributed by atoms with Crippen molar-refractivity contribution in [2.45, 2.75) is 6.92 Å². The van der Waals surface area contributed by atoms with Gasteiger partial charge in [0.2, 0.25) is 0 Å². The van der Waals surface area contributed by atoms with Gasteiger partial charge in [0.25, 0.3) is 0 Å². The molecule has 0 unspecified atom stereocenters. The van der Waals surface area contributed by atoms with E-state index in [-0.39, 0.29) is 5.69 Å². The van der Waals surface area contributed by atoms with E-state index in [4.69, 9.17) is 4.74 Å². The molecule has 3 aromatic rings. The highest BCUT2D eigenvalue weighted by Gasteiger charge is 2.10. The molecule has 0 bridgehead atoms. The second kappa shape index (κ2) is 5.04. The number of nitrogens with zero attached hydrogens (tertiary/aromatic N) is 5. The third kappa shape index (κ3) is 2.09. The first-order valence-corrected chi connectivity index (χ1v) is 6.09. The topological polar surface area (TPSA) is 82.8 Å². The predicted molar refractivity (Wildman–Crippen MR) is 70.4 cm³/mol. The molecule has 0 aliphatic heterocycles. The molecule has 0 aliphatic carbocycles. The molecule has 0 saturated carbocycles. The summed E-state index contributed by atoms with van der Waals surface area (Å²) in [6.45, 7) is 2.07. The molecular formula is C13H11N5O2. The maximum atomic E-state index is 11.5. The van der Waals surface area contributed by atoms with Gasteiger partial charge in [-0.1, -0.05) is 5.21 Å². The highest BCUT2D eigenvalue weighted by atomic mass is 16.5. The van der Waals surface area contributed by atoms with E-state index in [1.54, 1.807) is 36.0 Å². The minimum atomic E-state index is -0.444. The lowest BCUT2D eigenvalue weighted by Crippen LogP contribution is -2.07. The first-order chi connectivity index (χ1) is 9.79. The van der Waals surface area contributed by atoms with Crippen molar-refractivity contribution >= 4 is 17.1 Å². The summed E-state index contributed by atoms with van der Waals surface area (Å²) < 4.78 is 6.45. The van der Waals surface area contributed by atoms with Crippen LogP contribution in [0.5, 0.6) is 0 Å². The van der Waals surface area contributed by atoms with Gasteiger partial charge in [-0.3, -0.25) is 0 Å². The van der Waals surface area contributed by atoms with Crippen molar-refractivity contribution in [3.63, 3.8) is 0 Å². The molecule has 7 nitrogen and oxygen atoms in total. The van der Waals surface area contributed by atoms with E-state index in [2.05, 4.69) is 20.3 Å². The Hall–Kier alpha value is -2.83. The zero-order valence-corrected chi connectivity index (χ0v) is 10.7. The molecule has 7 heteroatoms. The molecule has 3 rings (SSSR count). The van der Waals surface area contributed by atoms with Gasteiger partial charge >= 0.3 is 5.97 Å². The maximum Gasteiger partial charge on any atom is 0.356 e. The van der Waals surface area contributed by atoms with Gasteiger partial charge in [0.05, 0.1) is 18.5 Å². The Bertz CT molecular complexity index is 751. The molecule has 3 aromatic heterocycles. The van der Waals surface area contributed by atoms with Crippen molar-refractivity contribution < 1.29 is 9.53 Å². The molecule has 3 heterocycles. The Kier molecular flexibility index (Phi) is 3.08. The van der Waals surface area contributed by atoms with Gasteiger partial charge in [-0.15, -0.1) is 5.10 Å². The largest absolute Gasteiger partial charge is 0.461 e. The highest BCUT2D eigenvalue weighted by Crippen LogP contribution is 2.13. The third-order valence-corrected chi connectivity index (χ3v) is 2.69. The van der Waals surface area contributed by atoms with Crippen LogP contribution in [0.25, 0.3) is 16.9 Å². The third-order valence-electron chi connectivity index (χ3n) is 2.69. The van der Waals surface area contributed by atoms with Gasteiger partial charge in [-0.25, -0.2) is 14.8 Å². The van der Waals surface area contributed by atoms with E-state index < -0.39 is 5.97 Å². The minimum absolute atomic E-state index is 0.257. The number of hydrogen-bond acceptors (Lipinski definition) is 6. The Morgan fingerprint density at radius 1 is 1.30 bits per heavy atom. The average molecular weight is 269 g/mol. The van der Waals surface area contributed by atoms with Gasteiger partial charge in [0.1, 0.15) is 11.2 Å². The molecule has 0 aliphatic rings. The van der Waals surface area contributed by atoms with Crippen LogP contribution in [0, 0.1) is 0 Å². The van der Waals surface area contributed by atoms with Gasteiger partial charge in [-0.2, -0.15) is 4.68 Å². The number of rotatable bonds is 3. The fraction of sp³-hybridized carbons (Fsp3) is 0.154. The molecule has 0 fully saturated rings. The van der Waals surface area contributed by atoms with Crippen LogP contribution in [-0.2, 0) is 4.74 Å². The zero-order valence-electron chi connectivity index (χ0n) is 10.7. The van der Waals surface area contributed by atoms with Crippen LogP contribution >= 0.6 is 0 Å². The lowest BCUT2D eigenvalue weighted by atomic mass is 10.3. The predicted octanol–water partition coefficient (Wildman–Crippen LogP) is 1.39. The second-order valence-electron chi connectivity index (χ2n) is 3.97. The molecule has 0 atom stereocenters. The first kappa shape index (κ1) is 12.2. The van der Waals surface area contributed by atoms with E-state index >= 15 is 0 Å². The molecule has 0 radical (unpaired) electrons. The SMILES string of the molecule is CCOC(=O)c1ccc(-n2nnc3cccnc32)cn1. The monoisotopic (exact) mass is 269 g/mol. The molecular weight excluding hydrogens is 258 g/mol. The van der Waals surface area contributed by atoms with Gasteiger partial charge in [0.15, 0.2) is 5.65 Å². The van der Waals surface area contributed by atoms with Crippen molar-refractivity contribution in [3.05, 3.63) is 42.4 Å². The first-order valence-electron chi connectivity index (χ1n) is 6.09. The number of carbonyl (C=O) groups is 1. The lowest BCUT2D eigenvalue weighted by Gasteiger charge is -2.03. The van der Waals surface area contributed by atoms with Crippen LogP contribution in [-0.4, -0.2) is 37.5 Å². The highest BCUT2D eigenvalue weighted by molar-refractivity contribution is 5.87. The van der Waals surface area contributed by atoms with Gasteiger partial charge < -0.3 is 4.74 Å². The van der Waals surface area contributed by atoms with Crippen molar-refractivity contribution in [1.82, 2.24) is 25.0 Å². The summed E-state index contributed by atoms with van der Waals surface area (Å²) in [5.41, 5.74) is 2.27. The zero-order chi connectivity index (χ0) is 13.9. The summed E-state index contributed by atoms with van der Waals surface area (Å²) in [7, 11) is 0. The number of carbonyl (C=O) groups excluding carboxylic acids is 1. The normalized spacial score (nSPS) is 10.7.